The van der Waals surface area contributed by atoms with Crippen LogP contribution in [0, 0.1) is 5.92 Å². The quantitative estimate of drug-likeness (QED) is 0.807. The van der Waals surface area contributed by atoms with Crippen LogP contribution in [-0.4, -0.2) is 52.3 Å². The fraction of sp³-hybridized carbons (Fsp3) is 0.400. The van der Waals surface area contributed by atoms with Crippen LogP contribution in [0.1, 0.15) is 16.8 Å². The van der Waals surface area contributed by atoms with Gasteiger partial charge in [0.15, 0.2) is 5.78 Å². The van der Waals surface area contributed by atoms with Crippen molar-refractivity contribution in [1.29, 1.82) is 0 Å². The molecule has 0 bridgehead atoms. The van der Waals surface area contributed by atoms with Crippen LogP contribution in [0.5, 0.6) is 0 Å². The zero-order chi connectivity index (χ0) is 15.2. The molecule has 1 aromatic carbocycles. The van der Waals surface area contributed by atoms with Gasteiger partial charge in [-0.05, 0) is 6.42 Å². The first-order chi connectivity index (χ1) is 10.1. The second-order valence-corrected chi connectivity index (χ2v) is 5.93. The maximum Gasteiger partial charge on any atom is 0.308 e. The number of carboxylic acid groups (broad SMARTS) is 1. The number of nitrogens with zero attached hydrogens (tertiary/aromatic N) is 1. The van der Waals surface area contributed by atoms with E-state index in [1.165, 1.54) is 11.8 Å². The van der Waals surface area contributed by atoms with Crippen LogP contribution in [-0.2, 0) is 9.59 Å². The Labute approximate surface area is 127 Å². The van der Waals surface area contributed by atoms with Crippen molar-refractivity contribution in [2.75, 3.05) is 24.6 Å². The lowest BCUT2D eigenvalue weighted by molar-refractivity contribution is -0.141. The normalized spacial score (nSPS) is 17.7. The van der Waals surface area contributed by atoms with Gasteiger partial charge in [0.25, 0.3) is 0 Å². The Morgan fingerprint density at radius 2 is 1.90 bits per heavy atom. The molecule has 1 N–H and O–H groups in total. The molecule has 0 aromatic heterocycles. The smallest absolute Gasteiger partial charge is 0.308 e. The Balaban J connectivity index is 1.73. The maximum atomic E-state index is 11.9. The molecule has 0 radical (unpaired) electrons. The van der Waals surface area contributed by atoms with Crippen molar-refractivity contribution in [3.63, 3.8) is 0 Å². The fourth-order valence-corrected chi connectivity index (χ4v) is 3.03. The van der Waals surface area contributed by atoms with E-state index in [1.54, 1.807) is 29.2 Å². The molecule has 2 rings (SSSR count). The topological polar surface area (TPSA) is 74.7 Å². The molecule has 21 heavy (non-hydrogen) atoms. The molecule has 1 atom stereocenters. The third kappa shape index (κ3) is 4.32. The summed E-state index contributed by atoms with van der Waals surface area (Å²) >= 11 is 1.27. The van der Waals surface area contributed by atoms with Crippen molar-refractivity contribution in [3.05, 3.63) is 35.9 Å². The van der Waals surface area contributed by atoms with Gasteiger partial charge in [-0.3, -0.25) is 14.4 Å². The Hall–Kier alpha value is -1.82. The number of hydrogen-bond donors (Lipinski definition) is 1. The number of likely N-dealkylation sites (tertiary alicyclic amines) is 1. The number of hydrogen-bond acceptors (Lipinski definition) is 4. The molecule has 1 amide bonds. The van der Waals surface area contributed by atoms with Crippen LogP contribution < -0.4 is 0 Å². The number of benzene rings is 1. The van der Waals surface area contributed by atoms with Gasteiger partial charge in [0.2, 0.25) is 5.91 Å². The Bertz CT molecular complexity index is 532. The minimum atomic E-state index is -0.850. The lowest BCUT2D eigenvalue weighted by Crippen LogP contribution is -2.31. The molecule has 0 saturated carbocycles. The predicted octanol–water partition coefficient (Wildman–Crippen LogP) is 1.54. The third-order valence-electron chi connectivity index (χ3n) is 3.44. The number of amides is 1. The Morgan fingerprint density at radius 3 is 2.52 bits per heavy atom. The van der Waals surface area contributed by atoms with E-state index in [0.29, 0.717) is 18.5 Å². The van der Waals surface area contributed by atoms with Crippen LogP contribution in [0.4, 0.5) is 0 Å². The Morgan fingerprint density at radius 1 is 1.19 bits per heavy atom. The SMILES string of the molecule is O=C(CSCC(=O)N1CCC(C(=O)O)C1)c1ccccc1. The number of carboxylic acids is 1. The molecule has 1 aromatic rings. The van der Waals surface area contributed by atoms with E-state index in [4.69, 9.17) is 5.11 Å². The molecule has 1 heterocycles. The molecule has 1 unspecified atom stereocenters. The highest BCUT2D eigenvalue weighted by atomic mass is 32.2. The zero-order valence-electron chi connectivity index (χ0n) is 11.5. The molecule has 1 fully saturated rings. The van der Waals surface area contributed by atoms with Gasteiger partial charge >= 0.3 is 5.97 Å². The fourth-order valence-electron chi connectivity index (χ4n) is 2.22. The summed E-state index contributed by atoms with van der Waals surface area (Å²) in [4.78, 5) is 36.2. The van der Waals surface area contributed by atoms with Gasteiger partial charge in [-0.15, -0.1) is 11.8 Å². The van der Waals surface area contributed by atoms with Crippen LogP contribution in [0.3, 0.4) is 0 Å². The van der Waals surface area contributed by atoms with E-state index in [0.717, 1.165) is 0 Å². The van der Waals surface area contributed by atoms with Crippen LogP contribution in [0.15, 0.2) is 30.3 Å². The number of ketones is 1. The predicted molar refractivity (Wildman–Crippen MR) is 80.4 cm³/mol. The number of rotatable bonds is 6. The van der Waals surface area contributed by atoms with E-state index >= 15 is 0 Å². The molecule has 1 aliphatic rings. The lowest BCUT2D eigenvalue weighted by Gasteiger charge is -2.15. The molecule has 1 aliphatic heterocycles. The number of aliphatic carboxylic acids is 1. The summed E-state index contributed by atoms with van der Waals surface area (Å²) in [5, 5.41) is 8.90. The molecule has 5 nitrogen and oxygen atoms in total. The highest BCUT2D eigenvalue weighted by Crippen LogP contribution is 2.18. The van der Waals surface area contributed by atoms with Crippen molar-refractivity contribution in [3.8, 4) is 0 Å². The number of carbonyl (C=O) groups is 3. The van der Waals surface area contributed by atoms with Crippen molar-refractivity contribution < 1.29 is 19.5 Å². The third-order valence-corrected chi connectivity index (χ3v) is 4.36. The Kier molecular flexibility index (Phi) is 5.38. The first-order valence-electron chi connectivity index (χ1n) is 6.74. The first kappa shape index (κ1) is 15.6. The van der Waals surface area contributed by atoms with E-state index in [2.05, 4.69) is 0 Å². The van der Waals surface area contributed by atoms with Crippen molar-refractivity contribution in [2.24, 2.45) is 5.92 Å². The molecule has 112 valence electrons. The van der Waals surface area contributed by atoms with Crippen molar-refractivity contribution >= 4 is 29.4 Å². The minimum absolute atomic E-state index is 0.00163. The van der Waals surface area contributed by atoms with Gasteiger partial charge in [0.1, 0.15) is 0 Å². The van der Waals surface area contributed by atoms with Crippen LogP contribution >= 0.6 is 11.8 Å². The zero-order valence-corrected chi connectivity index (χ0v) is 12.3. The number of thioether (sulfide) groups is 1. The largest absolute Gasteiger partial charge is 0.481 e. The van der Waals surface area contributed by atoms with E-state index in [9.17, 15) is 14.4 Å². The average molecular weight is 307 g/mol. The molecule has 0 aliphatic carbocycles. The second-order valence-electron chi connectivity index (χ2n) is 4.95. The monoisotopic (exact) mass is 307 g/mol. The summed E-state index contributed by atoms with van der Waals surface area (Å²) < 4.78 is 0. The van der Waals surface area contributed by atoms with Gasteiger partial charge in [-0.2, -0.15) is 0 Å². The highest BCUT2D eigenvalue weighted by molar-refractivity contribution is 8.00. The van der Waals surface area contributed by atoms with Gasteiger partial charge in [0, 0.05) is 18.7 Å². The number of Topliss-reactive ketones (excluding diaryl/α,β-unsaturated/α-hetero) is 1. The molecular weight excluding hydrogens is 290 g/mol. The summed E-state index contributed by atoms with van der Waals surface area (Å²) in [6.07, 6.45) is 0.509. The molecular formula is C15H17NO4S. The first-order valence-corrected chi connectivity index (χ1v) is 7.90. The van der Waals surface area contributed by atoms with Gasteiger partial charge in [-0.1, -0.05) is 30.3 Å². The minimum Gasteiger partial charge on any atom is -0.481 e. The summed E-state index contributed by atoms with van der Waals surface area (Å²) in [5.41, 5.74) is 0.643. The van der Waals surface area contributed by atoms with Gasteiger partial charge < -0.3 is 10.0 Å². The highest BCUT2D eigenvalue weighted by Gasteiger charge is 2.30. The van der Waals surface area contributed by atoms with Crippen LogP contribution in [0.25, 0.3) is 0 Å². The number of carbonyl (C=O) groups excluding carboxylic acids is 2. The lowest BCUT2D eigenvalue weighted by atomic mass is 10.1. The molecule has 0 spiro atoms. The average Bonchev–Trinajstić information content (AvgIpc) is 2.98. The van der Waals surface area contributed by atoms with Crippen LogP contribution in [0.2, 0.25) is 0 Å². The summed E-state index contributed by atoms with van der Waals surface area (Å²) in [5.74, 6) is -0.929. The van der Waals surface area contributed by atoms with E-state index in [1.807, 2.05) is 6.07 Å². The van der Waals surface area contributed by atoms with Crippen molar-refractivity contribution in [1.82, 2.24) is 4.90 Å². The molecule has 1 saturated heterocycles. The standard InChI is InChI=1S/C15H17NO4S/c17-13(11-4-2-1-3-5-11)9-21-10-14(18)16-7-6-12(8-16)15(19)20/h1-5,12H,6-10H2,(H,19,20). The summed E-state index contributed by atoms with van der Waals surface area (Å²) in [6, 6.07) is 8.96. The van der Waals surface area contributed by atoms with E-state index < -0.39 is 11.9 Å². The summed E-state index contributed by atoms with van der Waals surface area (Å²) in [6.45, 7) is 0.768. The summed E-state index contributed by atoms with van der Waals surface area (Å²) in [7, 11) is 0. The van der Waals surface area contributed by atoms with Gasteiger partial charge in [0.05, 0.1) is 17.4 Å². The second kappa shape index (κ2) is 7.26. The maximum absolute atomic E-state index is 11.9. The van der Waals surface area contributed by atoms with E-state index in [-0.39, 0.29) is 29.7 Å². The molecule has 6 heteroatoms. The van der Waals surface area contributed by atoms with Gasteiger partial charge in [-0.25, -0.2) is 0 Å². The van der Waals surface area contributed by atoms with Crippen molar-refractivity contribution in [2.45, 2.75) is 6.42 Å².